The lowest BCUT2D eigenvalue weighted by Crippen LogP contribution is -2.30. The van der Waals surface area contributed by atoms with Crippen molar-refractivity contribution in [1.29, 1.82) is 0 Å². The first-order valence-corrected chi connectivity index (χ1v) is 8.32. The fourth-order valence-corrected chi connectivity index (χ4v) is 3.59. The summed E-state index contributed by atoms with van der Waals surface area (Å²) in [5, 5.41) is 18.1. The lowest BCUT2D eigenvalue weighted by Gasteiger charge is -2.32. The Morgan fingerprint density at radius 2 is 2.10 bits per heavy atom. The van der Waals surface area contributed by atoms with E-state index in [1.807, 2.05) is 4.57 Å². The molecule has 6 nitrogen and oxygen atoms in total. The van der Waals surface area contributed by atoms with Crippen LogP contribution in [-0.4, -0.2) is 45.3 Å². The molecule has 0 aromatic carbocycles. The number of carbonyl (C=O) groups is 1. The molecule has 0 spiro atoms. The summed E-state index contributed by atoms with van der Waals surface area (Å²) in [5.41, 5.74) is 0.0427. The second kappa shape index (κ2) is 7.26. The van der Waals surface area contributed by atoms with Gasteiger partial charge in [-0.2, -0.15) is 0 Å². The van der Waals surface area contributed by atoms with Gasteiger partial charge in [0.25, 0.3) is 0 Å². The van der Waals surface area contributed by atoms with E-state index in [-0.39, 0.29) is 11.2 Å². The van der Waals surface area contributed by atoms with Crippen LogP contribution in [0.5, 0.6) is 0 Å². The van der Waals surface area contributed by atoms with E-state index in [0.29, 0.717) is 18.3 Å². The first-order chi connectivity index (χ1) is 10.1. The van der Waals surface area contributed by atoms with E-state index < -0.39 is 5.97 Å². The number of thioether (sulfide) groups is 1. The molecular formula is C14H23N3O3S. The lowest BCUT2D eigenvalue weighted by atomic mass is 9.75. The molecule has 1 saturated carbocycles. The molecule has 0 aliphatic heterocycles. The Labute approximate surface area is 129 Å². The third-order valence-electron chi connectivity index (χ3n) is 4.06. The Bertz CT molecular complexity index is 484. The van der Waals surface area contributed by atoms with Crippen molar-refractivity contribution < 1.29 is 14.6 Å². The number of nitrogens with zero attached hydrogens (tertiary/aromatic N) is 3. The van der Waals surface area contributed by atoms with E-state index in [1.165, 1.54) is 31.0 Å². The molecule has 7 heteroatoms. The summed E-state index contributed by atoms with van der Waals surface area (Å²) in [4.78, 5) is 10.8. The maximum atomic E-state index is 10.8. The summed E-state index contributed by atoms with van der Waals surface area (Å²) in [5.74, 6) is 0.140. The quantitative estimate of drug-likeness (QED) is 0.778. The van der Waals surface area contributed by atoms with Gasteiger partial charge in [-0.1, -0.05) is 37.9 Å². The zero-order chi connectivity index (χ0) is 15.3. The highest BCUT2D eigenvalue weighted by molar-refractivity contribution is 7.99. The molecule has 1 aromatic rings. The Morgan fingerprint density at radius 1 is 1.38 bits per heavy atom. The van der Waals surface area contributed by atoms with Gasteiger partial charge in [-0.15, -0.1) is 10.2 Å². The largest absolute Gasteiger partial charge is 0.481 e. The molecule has 1 aliphatic rings. The summed E-state index contributed by atoms with van der Waals surface area (Å²) in [6, 6.07) is 0. The molecule has 0 amide bonds. The van der Waals surface area contributed by atoms with Gasteiger partial charge in [-0.25, -0.2) is 0 Å². The molecule has 2 rings (SSSR count). The van der Waals surface area contributed by atoms with Gasteiger partial charge in [0.2, 0.25) is 0 Å². The number of rotatable bonds is 7. The number of hydrogen-bond acceptors (Lipinski definition) is 5. The topological polar surface area (TPSA) is 77.2 Å². The maximum absolute atomic E-state index is 10.8. The third-order valence-corrected chi connectivity index (χ3v) is 5.01. The van der Waals surface area contributed by atoms with Crippen LogP contribution in [0.25, 0.3) is 0 Å². The fourth-order valence-electron chi connectivity index (χ4n) is 2.91. The van der Waals surface area contributed by atoms with Gasteiger partial charge < -0.3 is 14.4 Å². The van der Waals surface area contributed by atoms with E-state index >= 15 is 0 Å². The summed E-state index contributed by atoms with van der Waals surface area (Å²) >= 11 is 1.22. The number of hydrogen-bond donors (Lipinski definition) is 1. The summed E-state index contributed by atoms with van der Waals surface area (Å²) in [7, 11) is 1.66. The van der Waals surface area contributed by atoms with Gasteiger partial charge in [0.1, 0.15) is 5.82 Å². The van der Waals surface area contributed by atoms with Crippen LogP contribution >= 0.6 is 11.8 Å². The van der Waals surface area contributed by atoms with Crippen molar-refractivity contribution in [3.8, 4) is 0 Å². The van der Waals surface area contributed by atoms with Crippen LogP contribution in [0.2, 0.25) is 0 Å². The van der Waals surface area contributed by atoms with Crippen molar-refractivity contribution >= 4 is 17.7 Å². The van der Waals surface area contributed by atoms with Gasteiger partial charge in [-0.05, 0) is 12.8 Å². The number of aliphatic carboxylic acids is 1. The molecule has 0 saturated heterocycles. The minimum Gasteiger partial charge on any atom is -0.481 e. The Hall–Kier alpha value is -1.08. The van der Waals surface area contributed by atoms with Gasteiger partial charge in [-0.3, -0.25) is 4.79 Å². The van der Waals surface area contributed by atoms with Crippen molar-refractivity contribution in [2.45, 2.75) is 56.1 Å². The first-order valence-electron chi connectivity index (χ1n) is 7.34. The van der Waals surface area contributed by atoms with E-state index in [4.69, 9.17) is 9.84 Å². The van der Waals surface area contributed by atoms with Crippen molar-refractivity contribution in [2.75, 3.05) is 19.5 Å². The third kappa shape index (κ3) is 3.97. The van der Waals surface area contributed by atoms with E-state index in [9.17, 15) is 4.79 Å². The highest BCUT2D eigenvalue weighted by Crippen LogP contribution is 2.39. The normalized spacial score (nSPS) is 17.8. The van der Waals surface area contributed by atoms with Crippen LogP contribution < -0.4 is 0 Å². The molecule has 1 aromatic heterocycles. The molecule has 1 heterocycles. The average molecular weight is 313 g/mol. The van der Waals surface area contributed by atoms with Crippen LogP contribution in [0, 0.1) is 0 Å². The van der Waals surface area contributed by atoms with Crippen molar-refractivity contribution in [2.24, 2.45) is 0 Å². The SMILES string of the molecule is COCCn1c(SCC(=O)O)nnc1C1(C)CCCCC1. The summed E-state index contributed by atoms with van der Waals surface area (Å²) in [6.45, 7) is 3.48. The molecular weight excluding hydrogens is 290 g/mol. The highest BCUT2D eigenvalue weighted by Gasteiger charge is 2.34. The average Bonchev–Trinajstić information content (AvgIpc) is 2.87. The Balaban J connectivity index is 2.24. The van der Waals surface area contributed by atoms with Crippen LogP contribution in [0.15, 0.2) is 5.16 Å². The number of aromatic nitrogens is 3. The number of carboxylic acids is 1. The fraction of sp³-hybridized carbons (Fsp3) is 0.786. The molecule has 1 aliphatic carbocycles. The zero-order valence-corrected chi connectivity index (χ0v) is 13.5. The smallest absolute Gasteiger partial charge is 0.313 e. The molecule has 1 N–H and O–H groups in total. The van der Waals surface area contributed by atoms with E-state index in [2.05, 4.69) is 17.1 Å². The van der Waals surface area contributed by atoms with E-state index in [0.717, 1.165) is 18.7 Å². The lowest BCUT2D eigenvalue weighted by molar-refractivity contribution is -0.133. The standard InChI is InChI=1S/C14H23N3O3S/c1-14(6-4-3-5-7-14)12-15-16-13(21-10-11(18)19)17(12)8-9-20-2/h3-10H2,1-2H3,(H,18,19). The van der Waals surface area contributed by atoms with Crippen molar-refractivity contribution in [3.05, 3.63) is 5.82 Å². The monoisotopic (exact) mass is 313 g/mol. The Kier molecular flexibility index (Phi) is 5.64. The number of ether oxygens (including phenoxy) is 1. The predicted octanol–water partition coefficient (Wildman–Crippen LogP) is 2.32. The van der Waals surface area contributed by atoms with Crippen molar-refractivity contribution in [3.63, 3.8) is 0 Å². The second-order valence-corrected chi connectivity index (χ2v) is 6.70. The predicted molar refractivity (Wildman–Crippen MR) is 80.7 cm³/mol. The zero-order valence-electron chi connectivity index (χ0n) is 12.7. The van der Waals surface area contributed by atoms with Gasteiger partial charge >= 0.3 is 5.97 Å². The summed E-state index contributed by atoms with van der Waals surface area (Å²) in [6.07, 6.45) is 5.93. The molecule has 1 fully saturated rings. The van der Waals surface area contributed by atoms with Crippen LogP contribution in [0.3, 0.4) is 0 Å². The molecule has 21 heavy (non-hydrogen) atoms. The molecule has 0 unspecified atom stereocenters. The van der Waals surface area contributed by atoms with Gasteiger partial charge in [0.15, 0.2) is 5.16 Å². The minimum atomic E-state index is -0.841. The first kappa shape index (κ1) is 16.3. The van der Waals surface area contributed by atoms with Crippen LogP contribution in [0.4, 0.5) is 0 Å². The van der Waals surface area contributed by atoms with Crippen LogP contribution in [0.1, 0.15) is 44.9 Å². The van der Waals surface area contributed by atoms with Crippen LogP contribution in [-0.2, 0) is 21.5 Å². The Morgan fingerprint density at radius 3 is 2.71 bits per heavy atom. The maximum Gasteiger partial charge on any atom is 0.313 e. The summed E-state index contributed by atoms with van der Waals surface area (Å²) < 4.78 is 7.21. The molecule has 0 bridgehead atoms. The molecule has 0 radical (unpaired) electrons. The second-order valence-electron chi connectivity index (χ2n) is 5.75. The van der Waals surface area contributed by atoms with E-state index in [1.54, 1.807) is 7.11 Å². The molecule has 0 atom stereocenters. The highest BCUT2D eigenvalue weighted by atomic mass is 32.2. The van der Waals surface area contributed by atoms with Crippen molar-refractivity contribution in [1.82, 2.24) is 14.8 Å². The number of carboxylic acid groups (broad SMARTS) is 1. The number of methoxy groups -OCH3 is 1. The van der Waals surface area contributed by atoms with Gasteiger partial charge in [0.05, 0.1) is 12.4 Å². The molecule has 118 valence electrons. The minimum absolute atomic E-state index is 0.00182. The van der Waals surface area contributed by atoms with Gasteiger partial charge in [0, 0.05) is 19.1 Å².